The van der Waals surface area contributed by atoms with E-state index in [0.717, 1.165) is 34.8 Å². The largest absolute Gasteiger partial charge is 0.287 e. The van der Waals surface area contributed by atoms with Gasteiger partial charge in [-0.3, -0.25) is 9.36 Å². The second-order valence-electron chi connectivity index (χ2n) is 6.18. The van der Waals surface area contributed by atoms with E-state index < -0.39 is 0 Å². The molecule has 1 heterocycles. The second-order valence-corrected chi connectivity index (χ2v) is 7.24. The third-order valence-electron chi connectivity index (χ3n) is 4.47. The fourth-order valence-corrected chi connectivity index (χ4v) is 4.27. The standard InChI is InChI=1S/C18H24N2OS/c1-2-3-12-22-18-19-16-11-7-6-10-15(16)17(21)20(18)13-14-8-4-5-9-14/h6-7,10-11,14H,2-5,8-9,12-13H2,1H3. The molecule has 3 nitrogen and oxygen atoms in total. The number of thioether (sulfide) groups is 1. The molecule has 1 aliphatic rings. The van der Waals surface area contributed by atoms with Crippen molar-refractivity contribution in [2.75, 3.05) is 5.75 Å². The molecule has 2 aromatic rings. The first kappa shape index (κ1) is 15.6. The highest BCUT2D eigenvalue weighted by Crippen LogP contribution is 2.28. The Balaban J connectivity index is 1.98. The van der Waals surface area contributed by atoms with E-state index in [4.69, 9.17) is 4.98 Å². The molecular weight excluding hydrogens is 292 g/mol. The highest BCUT2D eigenvalue weighted by Gasteiger charge is 2.19. The van der Waals surface area contributed by atoms with Crippen molar-refractivity contribution >= 4 is 22.7 Å². The van der Waals surface area contributed by atoms with Gasteiger partial charge in [0.25, 0.3) is 5.56 Å². The van der Waals surface area contributed by atoms with Crippen LogP contribution < -0.4 is 5.56 Å². The number of para-hydroxylation sites is 1. The van der Waals surface area contributed by atoms with Crippen LogP contribution >= 0.6 is 11.8 Å². The SMILES string of the molecule is CCCCSc1nc2ccccc2c(=O)n1CC1CCCC1. The number of unbranched alkanes of at least 4 members (excludes halogenated alkanes) is 1. The van der Waals surface area contributed by atoms with Crippen LogP contribution in [0.4, 0.5) is 0 Å². The third kappa shape index (κ3) is 3.37. The summed E-state index contributed by atoms with van der Waals surface area (Å²) in [5.41, 5.74) is 0.964. The second kappa shape index (κ2) is 7.32. The minimum absolute atomic E-state index is 0.136. The minimum atomic E-state index is 0.136. The van der Waals surface area contributed by atoms with Crippen LogP contribution in [0.1, 0.15) is 45.4 Å². The Morgan fingerprint density at radius 1 is 1.27 bits per heavy atom. The summed E-state index contributed by atoms with van der Waals surface area (Å²) < 4.78 is 1.94. The first-order valence-electron chi connectivity index (χ1n) is 8.42. The van der Waals surface area contributed by atoms with Crippen LogP contribution in [0, 0.1) is 5.92 Å². The zero-order valence-electron chi connectivity index (χ0n) is 13.3. The van der Waals surface area contributed by atoms with Crippen LogP contribution in [-0.2, 0) is 6.54 Å². The monoisotopic (exact) mass is 316 g/mol. The number of hydrogen-bond donors (Lipinski definition) is 0. The molecular formula is C18H24N2OS. The quantitative estimate of drug-likeness (QED) is 0.448. The fraction of sp³-hybridized carbons (Fsp3) is 0.556. The number of hydrogen-bond acceptors (Lipinski definition) is 3. The topological polar surface area (TPSA) is 34.9 Å². The van der Waals surface area contributed by atoms with Crippen molar-refractivity contribution in [2.45, 2.75) is 57.1 Å². The van der Waals surface area contributed by atoms with Gasteiger partial charge in [0.15, 0.2) is 5.16 Å². The Hall–Kier alpha value is -1.29. The zero-order valence-corrected chi connectivity index (χ0v) is 14.1. The van der Waals surface area contributed by atoms with E-state index in [9.17, 15) is 4.79 Å². The van der Waals surface area contributed by atoms with Crippen molar-refractivity contribution in [2.24, 2.45) is 5.92 Å². The molecule has 22 heavy (non-hydrogen) atoms. The summed E-state index contributed by atoms with van der Waals surface area (Å²) in [6.07, 6.45) is 7.44. The van der Waals surface area contributed by atoms with Crippen molar-refractivity contribution in [3.63, 3.8) is 0 Å². The van der Waals surface area contributed by atoms with E-state index in [1.165, 1.54) is 32.1 Å². The van der Waals surface area contributed by atoms with Crippen LogP contribution in [0.25, 0.3) is 10.9 Å². The normalized spacial score (nSPS) is 15.7. The maximum atomic E-state index is 12.9. The van der Waals surface area contributed by atoms with Gasteiger partial charge in [0.1, 0.15) is 0 Å². The summed E-state index contributed by atoms with van der Waals surface area (Å²) in [6.45, 7) is 3.03. The molecule has 0 aliphatic heterocycles. The summed E-state index contributed by atoms with van der Waals surface area (Å²) in [5, 5.41) is 1.66. The lowest BCUT2D eigenvalue weighted by Gasteiger charge is -2.16. The molecule has 0 radical (unpaired) electrons. The summed E-state index contributed by atoms with van der Waals surface area (Å²) in [6, 6.07) is 7.72. The van der Waals surface area contributed by atoms with E-state index in [1.54, 1.807) is 11.8 Å². The van der Waals surface area contributed by atoms with Gasteiger partial charge in [-0.2, -0.15) is 0 Å². The van der Waals surface area contributed by atoms with Gasteiger partial charge in [-0.05, 0) is 37.3 Å². The van der Waals surface area contributed by atoms with Crippen LogP contribution in [0.3, 0.4) is 0 Å². The first-order valence-corrected chi connectivity index (χ1v) is 9.40. The molecule has 0 amide bonds. The van der Waals surface area contributed by atoms with Crippen molar-refractivity contribution in [1.82, 2.24) is 9.55 Å². The molecule has 1 aromatic heterocycles. The Bertz CT molecular complexity index is 689. The molecule has 0 N–H and O–H groups in total. The summed E-state index contributed by atoms with van der Waals surface area (Å²) in [5.74, 6) is 1.68. The van der Waals surface area contributed by atoms with Gasteiger partial charge in [-0.15, -0.1) is 0 Å². The third-order valence-corrected chi connectivity index (χ3v) is 5.53. The van der Waals surface area contributed by atoms with Gasteiger partial charge in [-0.25, -0.2) is 4.98 Å². The molecule has 0 unspecified atom stereocenters. The van der Waals surface area contributed by atoms with Gasteiger partial charge in [0.05, 0.1) is 10.9 Å². The molecule has 118 valence electrons. The summed E-state index contributed by atoms with van der Waals surface area (Å²) in [7, 11) is 0. The Morgan fingerprint density at radius 3 is 2.82 bits per heavy atom. The molecule has 4 heteroatoms. The van der Waals surface area contributed by atoms with Gasteiger partial charge in [-0.1, -0.05) is 50.1 Å². The van der Waals surface area contributed by atoms with E-state index in [1.807, 2.05) is 28.8 Å². The minimum Gasteiger partial charge on any atom is -0.287 e. The predicted molar refractivity (Wildman–Crippen MR) is 93.6 cm³/mol. The highest BCUT2D eigenvalue weighted by atomic mass is 32.2. The maximum absolute atomic E-state index is 12.9. The Labute approximate surface area is 136 Å². The molecule has 0 spiro atoms. The molecule has 3 rings (SSSR count). The van der Waals surface area contributed by atoms with E-state index in [0.29, 0.717) is 5.92 Å². The maximum Gasteiger partial charge on any atom is 0.262 e. The number of aromatic nitrogens is 2. The smallest absolute Gasteiger partial charge is 0.262 e. The van der Waals surface area contributed by atoms with Crippen LogP contribution in [0.2, 0.25) is 0 Å². The highest BCUT2D eigenvalue weighted by molar-refractivity contribution is 7.99. The Kier molecular flexibility index (Phi) is 5.19. The van der Waals surface area contributed by atoms with Gasteiger partial charge < -0.3 is 0 Å². The zero-order chi connectivity index (χ0) is 15.4. The summed E-state index contributed by atoms with van der Waals surface area (Å²) in [4.78, 5) is 17.7. The van der Waals surface area contributed by atoms with E-state index >= 15 is 0 Å². The number of rotatable bonds is 6. The average Bonchev–Trinajstić information content (AvgIpc) is 3.04. The lowest BCUT2D eigenvalue weighted by Crippen LogP contribution is -2.26. The predicted octanol–water partition coefficient (Wildman–Crippen LogP) is 4.48. The molecule has 0 bridgehead atoms. The Morgan fingerprint density at radius 2 is 2.05 bits per heavy atom. The van der Waals surface area contributed by atoms with Crippen molar-refractivity contribution < 1.29 is 0 Å². The molecule has 1 aromatic carbocycles. The molecule has 1 fully saturated rings. The molecule has 1 aliphatic carbocycles. The van der Waals surface area contributed by atoms with Crippen molar-refractivity contribution in [3.8, 4) is 0 Å². The first-order chi connectivity index (χ1) is 10.8. The number of nitrogens with zero attached hydrogens (tertiary/aromatic N) is 2. The molecule has 1 saturated carbocycles. The lowest BCUT2D eigenvalue weighted by atomic mass is 10.1. The van der Waals surface area contributed by atoms with Gasteiger partial charge in [0.2, 0.25) is 0 Å². The van der Waals surface area contributed by atoms with E-state index in [2.05, 4.69) is 6.92 Å². The van der Waals surface area contributed by atoms with Gasteiger partial charge in [0, 0.05) is 12.3 Å². The number of benzene rings is 1. The lowest BCUT2D eigenvalue weighted by molar-refractivity contribution is 0.424. The number of fused-ring (bicyclic) bond motifs is 1. The van der Waals surface area contributed by atoms with Gasteiger partial charge >= 0.3 is 0 Å². The average molecular weight is 316 g/mol. The fourth-order valence-electron chi connectivity index (χ4n) is 3.18. The van der Waals surface area contributed by atoms with Crippen LogP contribution in [0.15, 0.2) is 34.2 Å². The van der Waals surface area contributed by atoms with E-state index in [-0.39, 0.29) is 5.56 Å². The summed E-state index contributed by atoms with van der Waals surface area (Å²) >= 11 is 1.74. The molecule has 0 saturated heterocycles. The van der Waals surface area contributed by atoms with Crippen molar-refractivity contribution in [3.05, 3.63) is 34.6 Å². The molecule has 0 atom stereocenters. The van der Waals surface area contributed by atoms with Crippen molar-refractivity contribution in [1.29, 1.82) is 0 Å². The van der Waals surface area contributed by atoms with Crippen LogP contribution in [0.5, 0.6) is 0 Å². The van der Waals surface area contributed by atoms with Crippen LogP contribution in [-0.4, -0.2) is 15.3 Å².